The molecule has 1 fully saturated rings. The number of rotatable bonds is 8. The van der Waals surface area contributed by atoms with Gasteiger partial charge in [0.2, 0.25) is 12.7 Å². The maximum atomic E-state index is 13.6. The van der Waals surface area contributed by atoms with E-state index in [9.17, 15) is 19.4 Å². The van der Waals surface area contributed by atoms with Crippen LogP contribution in [0.3, 0.4) is 0 Å². The summed E-state index contributed by atoms with van der Waals surface area (Å²) in [5.41, 5.74) is 1.87. The van der Waals surface area contributed by atoms with Gasteiger partial charge in [0, 0.05) is 43.9 Å². The molecule has 3 N–H and O–H groups in total. The fourth-order valence-electron chi connectivity index (χ4n) is 4.47. The number of benzene rings is 2. The second-order valence-corrected chi connectivity index (χ2v) is 8.98. The zero-order chi connectivity index (χ0) is 25.9. The minimum atomic E-state index is -1.12. The lowest BCUT2D eigenvalue weighted by Gasteiger charge is -2.37. The molecule has 1 aromatic heterocycles. The van der Waals surface area contributed by atoms with Crippen LogP contribution < -0.4 is 19.7 Å². The van der Waals surface area contributed by atoms with Gasteiger partial charge in [-0.25, -0.2) is 9.07 Å². The quantitative estimate of drug-likeness (QED) is 0.406. The molecule has 0 bridgehead atoms. The topological polar surface area (TPSA) is 131 Å². The van der Waals surface area contributed by atoms with Crippen molar-refractivity contribution in [2.24, 2.45) is 0 Å². The molecule has 0 saturated carbocycles. The number of ether oxygens (including phenoxy) is 3. The van der Waals surface area contributed by atoms with Crippen molar-refractivity contribution in [1.29, 1.82) is 0 Å². The van der Waals surface area contributed by atoms with E-state index in [1.807, 2.05) is 30.1 Å². The molecule has 4 atom stereocenters. The fraction of sp³-hybridized carbons (Fsp3) is 0.400. The molecule has 37 heavy (non-hydrogen) atoms. The Morgan fingerprint density at radius 3 is 2.89 bits per heavy atom. The smallest absolute Gasteiger partial charge is 0.249 e. The van der Waals surface area contributed by atoms with Crippen LogP contribution in [-0.2, 0) is 9.53 Å². The van der Waals surface area contributed by atoms with Crippen molar-refractivity contribution >= 4 is 11.6 Å². The molecule has 2 aromatic carbocycles. The molecule has 11 nitrogen and oxygen atoms in total. The standard InChI is InChI=1S/C25H28FN5O6/c1-30(17-5-6-20-21(10-17)36-14-35-20)8-7-27-25(34)22-11-19(24(33)23(13-32)37-22)31-12-18(28-29-31)15-3-2-4-16(26)9-15/h2-6,9-10,12,19,22-24,32-33H,7-8,11,13-14H2,1H3,(H,27,34)/t19-,22-,23-,24-/m1/s1. The van der Waals surface area contributed by atoms with E-state index < -0.39 is 36.8 Å². The number of aliphatic hydroxyl groups is 2. The molecule has 5 rings (SSSR count). The zero-order valence-electron chi connectivity index (χ0n) is 20.2. The molecular weight excluding hydrogens is 485 g/mol. The highest BCUT2D eigenvalue weighted by Gasteiger charge is 2.41. The first-order chi connectivity index (χ1) is 17.9. The van der Waals surface area contributed by atoms with E-state index in [4.69, 9.17) is 14.2 Å². The fourth-order valence-corrected chi connectivity index (χ4v) is 4.47. The van der Waals surface area contributed by atoms with Crippen LogP contribution >= 0.6 is 0 Å². The maximum absolute atomic E-state index is 13.6. The van der Waals surface area contributed by atoms with E-state index in [2.05, 4.69) is 15.6 Å². The summed E-state index contributed by atoms with van der Waals surface area (Å²) in [4.78, 5) is 14.9. The summed E-state index contributed by atoms with van der Waals surface area (Å²) in [6.07, 6.45) is -1.31. The Kier molecular flexibility index (Phi) is 7.22. The minimum Gasteiger partial charge on any atom is -0.454 e. The Hall–Kier alpha value is -3.74. The van der Waals surface area contributed by atoms with Crippen LogP contribution in [0.2, 0.25) is 0 Å². The van der Waals surface area contributed by atoms with Gasteiger partial charge in [0.1, 0.15) is 29.8 Å². The zero-order valence-corrected chi connectivity index (χ0v) is 20.2. The Morgan fingerprint density at radius 2 is 2.08 bits per heavy atom. The Labute approximate surface area is 212 Å². The summed E-state index contributed by atoms with van der Waals surface area (Å²) >= 11 is 0. The number of nitrogens with one attached hydrogen (secondary N) is 1. The van der Waals surface area contributed by atoms with E-state index in [0.29, 0.717) is 35.8 Å². The Bertz CT molecular complexity index is 1260. The van der Waals surface area contributed by atoms with Gasteiger partial charge in [0.25, 0.3) is 0 Å². The largest absolute Gasteiger partial charge is 0.454 e. The van der Waals surface area contributed by atoms with E-state index in [-0.39, 0.29) is 19.1 Å². The van der Waals surface area contributed by atoms with Gasteiger partial charge in [-0.05, 0) is 24.3 Å². The van der Waals surface area contributed by atoms with Crippen LogP contribution in [0.1, 0.15) is 12.5 Å². The highest BCUT2D eigenvalue weighted by Crippen LogP contribution is 2.35. The molecule has 2 aliphatic heterocycles. The molecule has 0 unspecified atom stereocenters. The lowest BCUT2D eigenvalue weighted by Crippen LogP contribution is -2.52. The van der Waals surface area contributed by atoms with Crippen LogP contribution in [-0.4, -0.2) is 83.0 Å². The highest BCUT2D eigenvalue weighted by atomic mass is 19.1. The number of likely N-dealkylation sites (N-methyl/N-ethyl adjacent to an activating group) is 1. The average molecular weight is 514 g/mol. The molecule has 12 heteroatoms. The van der Waals surface area contributed by atoms with Crippen molar-refractivity contribution in [3.63, 3.8) is 0 Å². The molecule has 2 aliphatic rings. The van der Waals surface area contributed by atoms with Gasteiger partial charge >= 0.3 is 0 Å². The number of nitrogens with zero attached hydrogens (tertiary/aromatic N) is 4. The first kappa shape index (κ1) is 24.9. The van der Waals surface area contributed by atoms with Crippen molar-refractivity contribution in [3.8, 4) is 22.8 Å². The van der Waals surface area contributed by atoms with E-state index in [0.717, 1.165) is 5.69 Å². The SMILES string of the molecule is CN(CCNC(=O)[C@H]1C[C@@H](n2cc(-c3cccc(F)c3)nn2)[C@@H](O)[C@@H](CO)O1)c1ccc2c(c1)OCO2. The van der Waals surface area contributed by atoms with E-state index in [1.165, 1.54) is 16.8 Å². The monoisotopic (exact) mass is 513 g/mol. The number of hydrogen-bond acceptors (Lipinski definition) is 9. The first-order valence-corrected chi connectivity index (χ1v) is 11.9. The molecule has 3 heterocycles. The maximum Gasteiger partial charge on any atom is 0.249 e. The number of carbonyl (C=O) groups is 1. The molecular formula is C25H28FN5O6. The summed E-state index contributed by atoms with van der Waals surface area (Å²) in [6.45, 7) is 0.590. The summed E-state index contributed by atoms with van der Waals surface area (Å²) in [5.74, 6) is 0.613. The van der Waals surface area contributed by atoms with Crippen molar-refractivity contribution in [3.05, 3.63) is 54.5 Å². The molecule has 0 aliphatic carbocycles. The van der Waals surface area contributed by atoms with Crippen molar-refractivity contribution in [1.82, 2.24) is 20.3 Å². The lowest BCUT2D eigenvalue weighted by atomic mass is 9.95. The molecule has 0 spiro atoms. The third-order valence-corrected chi connectivity index (χ3v) is 6.56. The van der Waals surface area contributed by atoms with Gasteiger partial charge in [-0.1, -0.05) is 17.3 Å². The number of anilines is 1. The van der Waals surface area contributed by atoms with E-state index >= 15 is 0 Å². The van der Waals surface area contributed by atoms with Gasteiger partial charge in [0.05, 0.1) is 18.8 Å². The summed E-state index contributed by atoms with van der Waals surface area (Å²) in [7, 11) is 1.90. The van der Waals surface area contributed by atoms with Crippen LogP contribution in [0.4, 0.5) is 10.1 Å². The average Bonchev–Trinajstić information content (AvgIpc) is 3.58. The van der Waals surface area contributed by atoms with Crippen LogP contribution in [0.5, 0.6) is 11.5 Å². The number of fused-ring (bicyclic) bond motifs is 1. The number of aromatic nitrogens is 3. The predicted octanol–water partition coefficient (Wildman–Crippen LogP) is 1.12. The molecule has 0 radical (unpaired) electrons. The Balaban J connectivity index is 1.21. The Morgan fingerprint density at radius 1 is 1.24 bits per heavy atom. The second kappa shape index (κ2) is 10.7. The van der Waals surface area contributed by atoms with Gasteiger partial charge < -0.3 is 34.6 Å². The summed E-state index contributed by atoms with van der Waals surface area (Å²) in [6, 6.07) is 10.9. The first-order valence-electron chi connectivity index (χ1n) is 11.9. The molecule has 196 valence electrons. The third-order valence-electron chi connectivity index (χ3n) is 6.56. The van der Waals surface area contributed by atoms with Gasteiger partial charge in [-0.15, -0.1) is 5.10 Å². The highest BCUT2D eigenvalue weighted by molar-refractivity contribution is 5.81. The molecule has 3 aromatic rings. The van der Waals surface area contributed by atoms with Gasteiger partial charge in [0.15, 0.2) is 11.5 Å². The molecule has 1 amide bonds. The van der Waals surface area contributed by atoms with Gasteiger partial charge in [-0.3, -0.25) is 4.79 Å². The number of amides is 1. The summed E-state index contributed by atoms with van der Waals surface area (Å²) < 4.78 is 31.5. The van der Waals surface area contributed by atoms with Crippen LogP contribution in [0.25, 0.3) is 11.3 Å². The number of halogens is 1. The van der Waals surface area contributed by atoms with Crippen molar-refractivity contribution < 1.29 is 33.6 Å². The normalized spacial score (nSPS) is 22.6. The number of carbonyl (C=O) groups excluding carboxylic acids is 1. The third kappa shape index (κ3) is 5.36. The van der Waals surface area contributed by atoms with Crippen LogP contribution in [0.15, 0.2) is 48.7 Å². The van der Waals surface area contributed by atoms with E-state index in [1.54, 1.807) is 18.3 Å². The number of aliphatic hydroxyl groups excluding tert-OH is 2. The molecule has 1 saturated heterocycles. The number of hydrogen-bond donors (Lipinski definition) is 3. The summed E-state index contributed by atoms with van der Waals surface area (Å²) in [5, 5.41) is 31.5. The predicted molar refractivity (Wildman–Crippen MR) is 130 cm³/mol. The minimum absolute atomic E-state index is 0.119. The lowest BCUT2D eigenvalue weighted by molar-refractivity contribution is -0.171. The van der Waals surface area contributed by atoms with Gasteiger partial charge in [-0.2, -0.15) is 0 Å². The van der Waals surface area contributed by atoms with Crippen molar-refractivity contribution in [2.75, 3.05) is 38.4 Å². The van der Waals surface area contributed by atoms with Crippen LogP contribution in [0, 0.1) is 5.82 Å². The second-order valence-electron chi connectivity index (χ2n) is 8.98. The van der Waals surface area contributed by atoms with Crippen molar-refractivity contribution in [2.45, 2.75) is 30.8 Å².